The van der Waals surface area contributed by atoms with Crippen LogP contribution in [0.15, 0.2) is 30.3 Å². The second-order valence-electron chi connectivity index (χ2n) is 11.7. The van der Waals surface area contributed by atoms with Crippen molar-refractivity contribution in [3.8, 4) is 11.4 Å². The van der Waals surface area contributed by atoms with E-state index < -0.39 is 23.1 Å². The summed E-state index contributed by atoms with van der Waals surface area (Å²) in [6, 6.07) is 7.89. The zero-order valence-corrected chi connectivity index (χ0v) is 22.3. The van der Waals surface area contributed by atoms with Gasteiger partial charge < -0.3 is 14.5 Å². The van der Waals surface area contributed by atoms with Gasteiger partial charge in [0.2, 0.25) is 5.95 Å². The number of rotatable bonds is 4. The first-order valence-corrected chi connectivity index (χ1v) is 13.2. The molecule has 206 valence electrons. The molecule has 7 nitrogen and oxygen atoms in total. The lowest BCUT2D eigenvalue weighted by Crippen LogP contribution is -2.73. The Labute approximate surface area is 227 Å². The molecule has 3 aliphatic heterocycles. The van der Waals surface area contributed by atoms with Gasteiger partial charge in [-0.3, -0.25) is 9.47 Å². The van der Waals surface area contributed by atoms with Gasteiger partial charge in [0.15, 0.2) is 17.4 Å². The summed E-state index contributed by atoms with van der Waals surface area (Å²) in [7, 11) is 1.36. The van der Waals surface area contributed by atoms with Crippen LogP contribution in [0, 0.1) is 17.0 Å². The molecule has 1 aromatic heterocycles. The highest BCUT2D eigenvalue weighted by Crippen LogP contribution is 2.51. The van der Waals surface area contributed by atoms with Gasteiger partial charge in [0.05, 0.1) is 25.0 Å². The lowest BCUT2D eigenvalue weighted by molar-refractivity contribution is -0.173. The molecule has 0 amide bonds. The van der Waals surface area contributed by atoms with Gasteiger partial charge in [0.1, 0.15) is 5.82 Å². The molecule has 12 heteroatoms. The van der Waals surface area contributed by atoms with Crippen molar-refractivity contribution in [2.75, 3.05) is 43.1 Å². The van der Waals surface area contributed by atoms with Crippen LogP contribution in [0.1, 0.15) is 31.2 Å². The van der Waals surface area contributed by atoms with Crippen LogP contribution < -0.4 is 14.5 Å². The summed E-state index contributed by atoms with van der Waals surface area (Å²) in [6.45, 7) is 5.42. The summed E-state index contributed by atoms with van der Waals surface area (Å²) in [5.41, 5.74) is 1.48. The van der Waals surface area contributed by atoms with Gasteiger partial charge in [-0.1, -0.05) is 11.6 Å². The smallest absolute Gasteiger partial charge is 0.251 e. The normalized spacial score (nSPS) is 22.3. The lowest BCUT2D eigenvalue weighted by Gasteiger charge is -2.61. The molecule has 1 aliphatic carbocycles. The molecule has 1 spiro atoms. The molecular formula is C27H27ClF4N6O. The summed E-state index contributed by atoms with van der Waals surface area (Å²) in [5.74, 6) is -2.59. The van der Waals surface area contributed by atoms with Crippen molar-refractivity contribution in [2.24, 2.45) is 5.41 Å². The first-order valence-electron chi connectivity index (χ1n) is 12.9. The first kappa shape index (κ1) is 25.0. The fourth-order valence-corrected chi connectivity index (χ4v) is 7.01. The van der Waals surface area contributed by atoms with Gasteiger partial charge in [-0.05, 0) is 30.7 Å². The average Bonchev–Trinajstić information content (AvgIpc) is 3.11. The summed E-state index contributed by atoms with van der Waals surface area (Å²) in [4.78, 5) is 6.09. The standard InChI is InChI=1S/C27H27ClF4N6O/c1-25(10-27(31,32)11-25)37-8-16-5-17(28)3-4-20(16)38-23(9-37)33-34-24(38)36-14-26(15-36)12-35(13-26)21-7-22(39-2)19(30)6-18(21)29/h3-7H,8-15H2,1-2H3. The summed E-state index contributed by atoms with van der Waals surface area (Å²) >= 11 is 6.34. The Morgan fingerprint density at radius 2 is 1.62 bits per heavy atom. The first-order chi connectivity index (χ1) is 18.5. The number of benzene rings is 2. The Hall–Kier alpha value is -3.05. The van der Waals surface area contributed by atoms with Gasteiger partial charge in [-0.2, -0.15) is 0 Å². The minimum atomic E-state index is -2.65. The van der Waals surface area contributed by atoms with E-state index in [4.69, 9.17) is 16.3 Å². The molecule has 0 N–H and O–H groups in total. The third kappa shape index (κ3) is 3.88. The van der Waals surface area contributed by atoms with Gasteiger partial charge in [0, 0.05) is 73.7 Å². The van der Waals surface area contributed by atoms with E-state index in [0.29, 0.717) is 61.8 Å². The quantitative estimate of drug-likeness (QED) is 0.416. The maximum atomic E-state index is 14.5. The van der Waals surface area contributed by atoms with Crippen molar-refractivity contribution in [3.05, 3.63) is 58.4 Å². The van der Waals surface area contributed by atoms with Crippen LogP contribution in [0.2, 0.25) is 5.02 Å². The predicted octanol–water partition coefficient (Wildman–Crippen LogP) is 5.04. The van der Waals surface area contributed by atoms with Crippen molar-refractivity contribution >= 4 is 23.2 Å². The van der Waals surface area contributed by atoms with Crippen LogP contribution in [0.4, 0.5) is 29.2 Å². The molecule has 39 heavy (non-hydrogen) atoms. The number of nitrogens with zero attached hydrogens (tertiary/aromatic N) is 6. The third-order valence-electron chi connectivity index (χ3n) is 8.68. The SMILES string of the molecule is COc1cc(N2CC3(C2)CN(c2nnc4n2-c2ccc(Cl)cc2CN(C2(C)CC(F)(F)C2)C4)C3)c(F)cc1F. The second kappa shape index (κ2) is 8.23. The number of aromatic nitrogens is 3. The molecule has 1 saturated carbocycles. The van der Waals surface area contributed by atoms with E-state index in [1.54, 1.807) is 0 Å². The van der Waals surface area contributed by atoms with Gasteiger partial charge in [-0.15, -0.1) is 10.2 Å². The number of hydrogen-bond acceptors (Lipinski definition) is 6. The number of halogens is 5. The number of alkyl halides is 2. The van der Waals surface area contributed by atoms with Crippen molar-refractivity contribution in [3.63, 3.8) is 0 Å². The molecule has 2 saturated heterocycles. The molecular weight excluding hydrogens is 536 g/mol. The Kier molecular flexibility index (Phi) is 5.27. The minimum absolute atomic E-state index is 0.0148. The van der Waals surface area contributed by atoms with Crippen LogP contribution in [0.3, 0.4) is 0 Å². The van der Waals surface area contributed by atoms with Crippen LogP contribution in [0.5, 0.6) is 5.75 Å². The van der Waals surface area contributed by atoms with E-state index in [0.717, 1.165) is 17.3 Å². The van der Waals surface area contributed by atoms with Crippen LogP contribution in [-0.2, 0) is 13.1 Å². The van der Waals surface area contributed by atoms with Crippen molar-refractivity contribution in [1.29, 1.82) is 0 Å². The Morgan fingerprint density at radius 3 is 2.31 bits per heavy atom. The van der Waals surface area contributed by atoms with Crippen LogP contribution >= 0.6 is 11.6 Å². The summed E-state index contributed by atoms with van der Waals surface area (Å²) in [5, 5.41) is 9.59. The van der Waals surface area contributed by atoms with Crippen LogP contribution in [0.25, 0.3) is 5.69 Å². The zero-order chi connectivity index (χ0) is 27.3. The van der Waals surface area contributed by atoms with E-state index in [2.05, 4.69) is 20.0 Å². The molecule has 0 unspecified atom stereocenters. The number of hydrogen-bond donors (Lipinski definition) is 0. The molecule has 0 atom stereocenters. The monoisotopic (exact) mass is 562 g/mol. The molecule has 4 heterocycles. The fraction of sp³-hybridized carbons (Fsp3) is 0.481. The van der Waals surface area contributed by atoms with E-state index >= 15 is 0 Å². The molecule has 3 aromatic rings. The van der Waals surface area contributed by atoms with E-state index in [9.17, 15) is 17.6 Å². The molecule has 0 bridgehead atoms. The molecule has 2 aromatic carbocycles. The van der Waals surface area contributed by atoms with Crippen molar-refractivity contribution in [1.82, 2.24) is 19.7 Å². The fourth-order valence-electron chi connectivity index (χ4n) is 6.82. The number of fused-ring (bicyclic) bond motifs is 3. The number of anilines is 2. The highest BCUT2D eigenvalue weighted by atomic mass is 35.5. The van der Waals surface area contributed by atoms with Crippen LogP contribution in [-0.4, -0.2) is 64.4 Å². The number of ether oxygens (including phenoxy) is 1. The Bertz CT molecular complexity index is 1470. The minimum Gasteiger partial charge on any atom is -0.494 e. The largest absolute Gasteiger partial charge is 0.494 e. The molecule has 0 radical (unpaired) electrons. The van der Waals surface area contributed by atoms with E-state index in [1.807, 2.05) is 34.6 Å². The third-order valence-corrected chi connectivity index (χ3v) is 8.92. The molecule has 7 rings (SSSR count). The highest BCUT2D eigenvalue weighted by Gasteiger charge is 2.57. The highest BCUT2D eigenvalue weighted by molar-refractivity contribution is 6.30. The topological polar surface area (TPSA) is 49.7 Å². The van der Waals surface area contributed by atoms with E-state index in [-0.39, 0.29) is 24.0 Å². The predicted molar refractivity (Wildman–Crippen MR) is 138 cm³/mol. The molecule has 3 fully saturated rings. The average molecular weight is 563 g/mol. The maximum Gasteiger partial charge on any atom is 0.251 e. The van der Waals surface area contributed by atoms with Gasteiger partial charge >= 0.3 is 0 Å². The summed E-state index contributed by atoms with van der Waals surface area (Å²) < 4.78 is 63.2. The Morgan fingerprint density at radius 1 is 0.897 bits per heavy atom. The van der Waals surface area contributed by atoms with Gasteiger partial charge in [0.25, 0.3) is 5.92 Å². The van der Waals surface area contributed by atoms with Gasteiger partial charge in [-0.25, -0.2) is 17.6 Å². The zero-order valence-electron chi connectivity index (χ0n) is 21.5. The summed E-state index contributed by atoms with van der Waals surface area (Å²) in [6.07, 6.45) is -0.384. The lowest BCUT2D eigenvalue weighted by atomic mass is 9.72. The maximum absolute atomic E-state index is 14.5. The number of methoxy groups -OCH3 is 1. The molecule has 4 aliphatic rings. The van der Waals surface area contributed by atoms with Crippen molar-refractivity contribution < 1.29 is 22.3 Å². The van der Waals surface area contributed by atoms with Crippen molar-refractivity contribution in [2.45, 2.75) is 44.3 Å². The second-order valence-corrected chi connectivity index (χ2v) is 12.2. The van der Waals surface area contributed by atoms with E-state index in [1.165, 1.54) is 13.2 Å². The Balaban J connectivity index is 1.13.